The average molecular weight is 289 g/mol. The third kappa shape index (κ3) is 2.31. The van der Waals surface area contributed by atoms with Crippen LogP contribution < -0.4 is 0 Å². The summed E-state index contributed by atoms with van der Waals surface area (Å²) in [6.45, 7) is 0. The molecule has 5 heteroatoms. The number of hydrogen-bond acceptors (Lipinski definition) is 1. The quantitative estimate of drug-likeness (QED) is 0.648. The summed E-state index contributed by atoms with van der Waals surface area (Å²) >= 11 is 0. The SMILES string of the molecule is O=C(c1ccccc1)c1cc(C(F)(F)F)c2ccccn12. The Morgan fingerprint density at radius 1 is 0.952 bits per heavy atom. The molecule has 21 heavy (non-hydrogen) atoms. The lowest BCUT2D eigenvalue weighted by Gasteiger charge is -2.04. The van der Waals surface area contributed by atoms with Crippen LogP contribution in [0.25, 0.3) is 5.52 Å². The number of rotatable bonds is 2. The van der Waals surface area contributed by atoms with E-state index in [1.807, 2.05) is 0 Å². The highest BCUT2D eigenvalue weighted by Gasteiger charge is 2.35. The molecule has 0 aliphatic carbocycles. The van der Waals surface area contributed by atoms with Crippen molar-refractivity contribution in [1.29, 1.82) is 0 Å². The summed E-state index contributed by atoms with van der Waals surface area (Å²) in [7, 11) is 0. The Hall–Kier alpha value is -2.56. The van der Waals surface area contributed by atoms with Gasteiger partial charge in [-0.3, -0.25) is 4.79 Å². The van der Waals surface area contributed by atoms with Crippen LogP contribution >= 0.6 is 0 Å². The van der Waals surface area contributed by atoms with Gasteiger partial charge >= 0.3 is 6.18 Å². The molecule has 0 aliphatic heterocycles. The lowest BCUT2D eigenvalue weighted by atomic mass is 10.1. The van der Waals surface area contributed by atoms with Gasteiger partial charge in [0.1, 0.15) is 0 Å². The van der Waals surface area contributed by atoms with Gasteiger partial charge in [-0.15, -0.1) is 0 Å². The molecule has 0 spiro atoms. The number of hydrogen-bond donors (Lipinski definition) is 0. The van der Waals surface area contributed by atoms with Crippen LogP contribution in [0.4, 0.5) is 13.2 Å². The first-order chi connectivity index (χ1) is 9.98. The number of ketones is 1. The minimum atomic E-state index is -4.50. The second kappa shape index (κ2) is 4.77. The van der Waals surface area contributed by atoms with E-state index in [0.717, 1.165) is 6.07 Å². The number of pyridine rings is 1. The fourth-order valence-electron chi connectivity index (χ4n) is 2.29. The molecular formula is C16H10F3NO. The van der Waals surface area contributed by atoms with E-state index < -0.39 is 17.5 Å². The summed E-state index contributed by atoms with van der Waals surface area (Å²) in [4.78, 5) is 12.4. The third-order valence-corrected chi connectivity index (χ3v) is 3.25. The van der Waals surface area contributed by atoms with Gasteiger partial charge in [0.05, 0.1) is 16.8 Å². The monoisotopic (exact) mass is 289 g/mol. The minimum Gasteiger partial charge on any atom is -0.313 e. The highest BCUT2D eigenvalue weighted by molar-refractivity contribution is 6.08. The van der Waals surface area contributed by atoms with Crippen molar-refractivity contribution in [2.24, 2.45) is 0 Å². The van der Waals surface area contributed by atoms with E-state index >= 15 is 0 Å². The standard InChI is InChI=1S/C16H10F3NO/c17-16(18,19)12-10-14(20-9-5-4-8-13(12)20)15(21)11-6-2-1-3-7-11/h1-10H. The van der Waals surface area contributed by atoms with Gasteiger partial charge in [-0.25, -0.2) is 0 Å². The summed E-state index contributed by atoms with van der Waals surface area (Å²) in [5.41, 5.74) is -0.467. The predicted molar refractivity (Wildman–Crippen MR) is 72.3 cm³/mol. The topological polar surface area (TPSA) is 21.5 Å². The molecule has 0 aliphatic rings. The molecule has 3 rings (SSSR count). The van der Waals surface area contributed by atoms with Crippen molar-refractivity contribution in [3.63, 3.8) is 0 Å². The van der Waals surface area contributed by atoms with Crippen LogP contribution in [0.3, 0.4) is 0 Å². The molecule has 0 radical (unpaired) electrons. The number of alkyl halides is 3. The van der Waals surface area contributed by atoms with Crippen LogP contribution in [0.5, 0.6) is 0 Å². The Balaban J connectivity index is 2.22. The van der Waals surface area contributed by atoms with Crippen molar-refractivity contribution in [3.8, 4) is 0 Å². The van der Waals surface area contributed by atoms with Crippen LogP contribution in [0.2, 0.25) is 0 Å². The first-order valence-corrected chi connectivity index (χ1v) is 6.25. The van der Waals surface area contributed by atoms with Crippen molar-refractivity contribution < 1.29 is 18.0 Å². The van der Waals surface area contributed by atoms with Gasteiger partial charge in [0.2, 0.25) is 5.78 Å². The summed E-state index contributed by atoms with van der Waals surface area (Å²) in [5.74, 6) is -0.438. The van der Waals surface area contributed by atoms with Gasteiger partial charge in [0, 0.05) is 11.8 Å². The summed E-state index contributed by atoms with van der Waals surface area (Å²) < 4.78 is 40.5. The maximum atomic E-state index is 13.1. The zero-order valence-electron chi connectivity index (χ0n) is 10.8. The summed E-state index contributed by atoms with van der Waals surface area (Å²) in [6, 6.07) is 13.6. The van der Waals surface area contributed by atoms with Gasteiger partial charge in [-0.2, -0.15) is 13.2 Å². The largest absolute Gasteiger partial charge is 0.418 e. The van der Waals surface area contributed by atoms with Crippen molar-refractivity contribution in [2.75, 3.05) is 0 Å². The van der Waals surface area contributed by atoms with E-state index in [1.165, 1.54) is 22.7 Å². The Morgan fingerprint density at radius 2 is 1.62 bits per heavy atom. The van der Waals surface area contributed by atoms with E-state index in [9.17, 15) is 18.0 Å². The Morgan fingerprint density at radius 3 is 2.29 bits per heavy atom. The molecule has 0 saturated heterocycles. The third-order valence-electron chi connectivity index (χ3n) is 3.25. The van der Waals surface area contributed by atoms with Gasteiger partial charge in [-0.05, 0) is 18.2 Å². The molecule has 0 atom stereocenters. The molecule has 2 nitrogen and oxygen atoms in total. The zero-order valence-corrected chi connectivity index (χ0v) is 10.8. The molecule has 106 valence electrons. The van der Waals surface area contributed by atoms with Crippen molar-refractivity contribution in [1.82, 2.24) is 4.40 Å². The van der Waals surface area contributed by atoms with Crippen molar-refractivity contribution in [2.45, 2.75) is 6.18 Å². The van der Waals surface area contributed by atoms with E-state index in [0.29, 0.717) is 5.56 Å². The number of aromatic nitrogens is 1. The Bertz CT molecular complexity index is 803. The summed E-state index contributed by atoms with van der Waals surface area (Å²) in [6.07, 6.45) is -3.04. The van der Waals surface area contributed by atoms with E-state index in [2.05, 4.69) is 0 Å². The molecule has 0 saturated carbocycles. The Kier molecular flexibility index (Phi) is 3.05. The molecule has 1 aromatic carbocycles. The van der Waals surface area contributed by atoms with E-state index in [1.54, 1.807) is 36.4 Å². The molecule has 0 fully saturated rings. The Labute approximate surface area is 118 Å². The first kappa shape index (κ1) is 13.4. The molecule has 0 unspecified atom stereocenters. The van der Waals surface area contributed by atoms with Crippen molar-refractivity contribution in [3.05, 3.63) is 77.6 Å². The average Bonchev–Trinajstić information content (AvgIpc) is 2.87. The fraction of sp³-hybridized carbons (Fsp3) is 0.0625. The number of carbonyl (C=O) groups excluding carboxylic acids is 1. The van der Waals surface area contributed by atoms with Gasteiger partial charge in [0.25, 0.3) is 0 Å². The van der Waals surface area contributed by atoms with Crippen LogP contribution in [0.1, 0.15) is 21.6 Å². The number of halogens is 3. The normalized spacial score (nSPS) is 11.8. The molecule has 2 aromatic heterocycles. The fourth-order valence-corrected chi connectivity index (χ4v) is 2.29. The second-order valence-corrected chi connectivity index (χ2v) is 4.59. The number of benzene rings is 1. The van der Waals surface area contributed by atoms with Gasteiger partial charge < -0.3 is 4.40 Å². The lowest BCUT2D eigenvalue weighted by molar-refractivity contribution is -0.136. The van der Waals surface area contributed by atoms with Crippen molar-refractivity contribution >= 4 is 11.3 Å². The second-order valence-electron chi connectivity index (χ2n) is 4.59. The maximum Gasteiger partial charge on any atom is 0.418 e. The number of fused-ring (bicyclic) bond motifs is 1. The molecule has 0 amide bonds. The molecule has 0 N–H and O–H groups in total. The highest BCUT2D eigenvalue weighted by Crippen LogP contribution is 2.35. The minimum absolute atomic E-state index is 0.00382. The molecule has 0 bridgehead atoms. The first-order valence-electron chi connectivity index (χ1n) is 6.25. The highest BCUT2D eigenvalue weighted by atomic mass is 19.4. The van der Waals surface area contributed by atoms with Crippen LogP contribution in [-0.2, 0) is 6.18 Å². The smallest absolute Gasteiger partial charge is 0.313 e. The van der Waals surface area contributed by atoms with Gasteiger partial charge in [0.15, 0.2) is 0 Å². The number of nitrogens with zero attached hydrogens (tertiary/aromatic N) is 1. The summed E-state index contributed by atoms with van der Waals surface area (Å²) in [5, 5.41) is 0. The van der Waals surface area contributed by atoms with E-state index in [4.69, 9.17) is 0 Å². The van der Waals surface area contributed by atoms with Gasteiger partial charge in [-0.1, -0.05) is 36.4 Å². The molecule has 3 aromatic rings. The zero-order chi connectivity index (χ0) is 15.0. The van der Waals surface area contributed by atoms with E-state index in [-0.39, 0.29) is 11.2 Å². The van der Waals surface area contributed by atoms with Crippen LogP contribution in [0.15, 0.2) is 60.8 Å². The lowest BCUT2D eigenvalue weighted by Crippen LogP contribution is -2.04. The molecular weight excluding hydrogens is 279 g/mol. The molecule has 2 heterocycles. The number of carbonyl (C=O) groups is 1. The van der Waals surface area contributed by atoms with Crippen LogP contribution in [-0.4, -0.2) is 10.2 Å². The van der Waals surface area contributed by atoms with Crippen LogP contribution in [0, 0.1) is 0 Å². The predicted octanol–water partition coefficient (Wildman–Crippen LogP) is 4.19. The maximum absolute atomic E-state index is 13.1.